The number of halogens is 1. The van der Waals surface area contributed by atoms with E-state index < -0.39 is 5.97 Å². The van der Waals surface area contributed by atoms with Gasteiger partial charge in [-0.1, -0.05) is 0 Å². The summed E-state index contributed by atoms with van der Waals surface area (Å²) in [6.07, 6.45) is 0. The highest BCUT2D eigenvalue weighted by Gasteiger charge is 2.21. The highest BCUT2D eigenvalue weighted by atomic mass is 32.2. The van der Waals surface area contributed by atoms with E-state index in [0.29, 0.717) is 15.6 Å². The number of nitrogens with zero attached hydrogens (tertiary/aromatic N) is 1. The SMILES string of the molecule is COC(=O)c1nc(CSc2ccc(F)cc2)sc1C(C)=O. The molecule has 0 radical (unpaired) electrons. The van der Waals surface area contributed by atoms with Crippen LogP contribution < -0.4 is 0 Å². The van der Waals surface area contributed by atoms with Gasteiger partial charge in [-0.05, 0) is 24.3 Å². The summed E-state index contributed by atoms with van der Waals surface area (Å²) in [4.78, 5) is 28.5. The molecule has 7 heteroatoms. The van der Waals surface area contributed by atoms with Crippen molar-refractivity contribution in [3.05, 3.63) is 45.7 Å². The van der Waals surface area contributed by atoms with Gasteiger partial charge in [-0.25, -0.2) is 14.2 Å². The average molecular weight is 325 g/mol. The molecule has 1 heterocycles. The third-order valence-corrected chi connectivity index (χ3v) is 4.91. The van der Waals surface area contributed by atoms with Crippen LogP contribution in [0.25, 0.3) is 0 Å². The van der Waals surface area contributed by atoms with E-state index in [0.717, 1.165) is 4.90 Å². The zero-order valence-electron chi connectivity index (χ0n) is 11.4. The van der Waals surface area contributed by atoms with Gasteiger partial charge in [-0.2, -0.15) is 0 Å². The lowest BCUT2D eigenvalue weighted by molar-refractivity contribution is 0.0591. The molecule has 0 N–H and O–H groups in total. The van der Waals surface area contributed by atoms with Crippen molar-refractivity contribution in [1.82, 2.24) is 4.98 Å². The number of hydrogen-bond donors (Lipinski definition) is 0. The Hall–Kier alpha value is -1.73. The highest BCUT2D eigenvalue weighted by Crippen LogP contribution is 2.27. The molecule has 2 aromatic rings. The summed E-state index contributed by atoms with van der Waals surface area (Å²) in [5.74, 6) is -0.631. The third kappa shape index (κ3) is 3.89. The quantitative estimate of drug-likeness (QED) is 0.478. The largest absolute Gasteiger partial charge is 0.464 e. The molecule has 0 saturated heterocycles. The van der Waals surface area contributed by atoms with Crippen LogP contribution in [-0.2, 0) is 10.5 Å². The van der Waals surface area contributed by atoms with Crippen molar-refractivity contribution in [2.75, 3.05) is 7.11 Å². The number of aromatic nitrogens is 1. The zero-order valence-corrected chi connectivity index (χ0v) is 13.0. The second-order valence-electron chi connectivity index (χ2n) is 4.08. The maximum atomic E-state index is 12.8. The van der Waals surface area contributed by atoms with E-state index in [-0.39, 0.29) is 17.3 Å². The Labute approximate surface area is 129 Å². The van der Waals surface area contributed by atoms with Crippen LogP contribution in [0.2, 0.25) is 0 Å². The van der Waals surface area contributed by atoms with Crippen LogP contribution in [0.5, 0.6) is 0 Å². The Morgan fingerprint density at radius 2 is 2.00 bits per heavy atom. The first-order valence-corrected chi connectivity index (χ1v) is 7.78. The molecule has 0 bridgehead atoms. The zero-order chi connectivity index (χ0) is 15.4. The molecule has 21 heavy (non-hydrogen) atoms. The minimum Gasteiger partial charge on any atom is -0.464 e. The summed E-state index contributed by atoms with van der Waals surface area (Å²) in [5, 5.41) is 0.648. The lowest BCUT2D eigenvalue weighted by Crippen LogP contribution is -2.07. The predicted octanol–water partition coefficient (Wildman–Crippen LogP) is 3.56. The predicted molar refractivity (Wildman–Crippen MR) is 79.4 cm³/mol. The number of benzene rings is 1. The van der Waals surface area contributed by atoms with E-state index in [4.69, 9.17) is 0 Å². The second kappa shape index (κ2) is 6.82. The number of hydrogen-bond acceptors (Lipinski definition) is 6. The van der Waals surface area contributed by atoms with Crippen molar-refractivity contribution in [3.8, 4) is 0 Å². The van der Waals surface area contributed by atoms with E-state index in [2.05, 4.69) is 9.72 Å². The van der Waals surface area contributed by atoms with Crippen LogP contribution in [0, 0.1) is 5.82 Å². The number of carbonyl (C=O) groups excluding carboxylic acids is 2. The van der Waals surface area contributed by atoms with E-state index >= 15 is 0 Å². The number of methoxy groups -OCH3 is 1. The molecule has 0 saturated carbocycles. The van der Waals surface area contributed by atoms with Crippen LogP contribution in [0.4, 0.5) is 4.39 Å². The van der Waals surface area contributed by atoms with Gasteiger partial charge in [-0.3, -0.25) is 4.79 Å². The summed E-state index contributed by atoms with van der Waals surface area (Å²) in [6, 6.07) is 6.09. The monoisotopic (exact) mass is 325 g/mol. The number of ether oxygens (including phenoxy) is 1. The summed E-state index contributed by atoms with van der Waals surface area (Å²) in [5.41, 5.74) is 0.0599. The van der Waals surface area contributed by atoms with Crippen molar-refractivity contribution >= 4 is 34.9 Å². The molecule has 110 valence electrons. The van der Waals surface area contributed by atoms with Crippen LogP contribution in [0.1, 0.15) is 32.1 Å². The third-order valence-electron chi connectivity index (χ3n) is 2.55. The van der Waals surface area contributed by atoms with Gasteiger partial charge in [0, 0.05) is 11.8 Å². The standard InChI is InChI=1S/C14H12FNO3S2/c1-8(17)13-12(14(18)19-2)16-11(21-13)7-20-10-5-3-9(15)4-6-10/h3-6H,7H2,1-2H3. The number of ketones is 1. The van der Waals surface area contributed by atoms with Crippen molar-refractivity contribution in [2.24, 2.45) is 0 Å². The van der Waals surface area contributed by atoms with Crippen molar-refractivity contribution < 1.29 is 18.7 Å². The lowest BCUT2D eigenvalue weighted by Gasteiger charge is -1.98. The molecule has 1 aromatic heterocycles. The number of Topliss-reactive ketones (excluding diaryl/α,β-unsaturated/α-hetero) is 1. The van der Waals surface area contributed by atoms with Crippen molar-refractivity contribution in [1.29, 1.82) is 0 Å². The van der Waals surface area contributed by atoms with Gasteiger partial charge in [0.05, 0.1) is 12.9 Å². The van der Waals surface area contributed by atoms with Gasteiger partial charge in [-0.15, -0.1) is 23.1 Å². The molecular formula is C14H12FNO3S2. The molecule has 0 amide bonds. The maximum Gasteiger partial charge on any atom is 0.358 e. The molecule has 4 nitrogen and oxygen atoms in total. The molecule has 0 unspecified atom stereocenters. The van der Waals surface area contributed by atoms with Gasteiger partial charge in [0.1, 0.15) is 15.7 Å². The van der Waals surface area contributed by atoms with Crippen LogP contribution >= 0.6 is 23.1 Å². The number of thiazole rings is 1. The first-order valence-electron chi connectivity index (χ1n) is 5.98. The Morgan fingerprint density at radius 1 is 1.33 bits per heavy atom. The molecule has 2 rings (SSSR count). The second-order valence-corrected chi connectivity index (χ2v) is 6.21. The van der Waals surface area contributed by atoms with E-state index in [1.165, 1.54) is 49.3 Å². The van der Waals surface area contributed by atoms with Gasteiger partial charge in [0.2, 0.25) is 0 Å². The van der Waals surface area contributed by atoms with Crippen LogP contribution in [-0.4, -0.2) is 23.8 Å². The normalized spacial score (nSPS) is 10.4. The Morgan fingerprint density at radius 3 is 2.57 bits per heavy atom. The van der Waals surface area contributed by atoms with Crippen molar-refractivity contribution in [2.45, 2.75) is 17.6 Å². The lowest BCUT2D eigenvalue weighted by atomic mass is 10.3. The topological polar surface area (TPSA) is 56.3 Å². The molecule has 1 aromatic carbocycles. The molecule has 0 atom stereocenters. The summed E-state index contributed by atoms with van der Waals surface area (Å²) < 4.78 is 17.4. The minimum atomic E-state index is -0.616. The van der Waals surface area contributed by atoms with Crippen LogP contribution in [0.15, 0.2) is 29.2 Å². The summed E-state index contributed by atoms with van der Waals surface area (Å²) >= 11 is 2.63. The fraction of sp³-hybridized carbons (Fsp3) is 0.214. The Bertz CT molecular complexity index is 667. The molecule has 0 fully saturated rings. The van der Waals surface area contributed by atoms with Gasteiger partial charge in [0.15, 0.2) is 11.5 Å². The van der Waals surface area contributed by atoms with Gasteiger partial charge < -0.3 is 4.74 Å². The van der Waals surface area contributed by atoms with E-state index in [9.17, 15) is 14.0 Å². The molecule has 0 aliphatic heterocycles. The first kappa shape index (κ1) is 15.7. The smallest absolute Gasteiger partial charge is 0.358 e. The number of rotatable bonds is 5. The molecular weight excluding hydrogens is 313 g/mol. The Balaban J connectivity index is 2.15. The van der Waals surface area contributed by atoms with Crippen LogP contribution in [0.3, 0.4) is 0 Å². The maximum absolute atomic E-state index is 12.8. The van der Waals surface area contributed by atoms with E-state index in [1.54, 1.807) is 12.1 Å². The van der Waals surface area contributed by atoms with Crippen molar-refractivity contribution in [3.63, 3.8) is 0 Å². The van der Waals surface area contributed by atoms with E-state index in [1.807, 2.05) is 0 Å². The first-order chi connectivity index (χ1) is 10.0. The number of esters is 1. The van der Waals surface area contributed by atoms with Gasteiger partial charge >= 0.3 is 5.97 Å². The molecule has 0 aliphatic carbocycles. The highest BCUT2D eigenvalue weighted by molar-refractivity contribution is 7.98. The van der Waals surface area contributed by atoms with Gasteiger partial charge in [0.25, 0.3) is 0 Å². The summed E-state index contributed by atoms with van der Waals surface area (Å²) in [6.45, 7) is 1.39. The number of thioether (sulfide) groups is 1. The summed E-state index contributed by atoms with van der Waals surface area (Å²) in [7, 11) is 1.25. The fourth-order valence-corrected chi connectivity index (χ4v) is 3.41. The number of carbonyl (C=O) groups is 2. The minimum absolute atomic E-state index is 0.0599. The molecule has 0 spiro atoms. The fourth-order valence-electron chi connectivity index (χ4n) is 1.58. The Kier molecular flexibility index (Phi) is 5.08. The average Bonchev–Trinajstić information content (AvgIpc) is 2.90. The molecule has 0 aliphatic rings.